The lowest BCUT2D eigenvalue weighted by Crippen LogP contribution is -2.38. The molecule has 0 saturated heterocycles. The number of amides is 1. The number of para-hydroxylation sites is 1. The molecule has 0 unspecified atom stereocenters. The molecule has 1 heterocycles. The van der Waals surface area contributed by atoms with Crippen LogP contribution in [0.3, 0.4) is 0 Å². The van der Waals surface area contributed by atoms with E-state index < -0.39 is 5.97 Å². The molecule has 1 aliphatic carbocycles. The topological polar surface area (TPSA) is 75.4 Å². The van der Waals surface area contributed by atoms with E-state index in [1.807, 2.05) is 12.1 Å². The van der Waals surface area contributed by atoms with Crippen LogP contribution in [0.4, 0.5) is 0 Å². The molecule has 6 nitrogen and oxygen atoms in total. The summed E-state index contributed by atoms with van der Waals surface area (Å²) in [5.74, 6) is -1.37. The molecule has 1 N–H and O–H groups in total. The van der Waals surface area contributed by atoms with Gasteiger partial charge in [-0.25, -0.2) is 4.68 Å². The highest BCUT2D eigenvalue weighted by Crippen LogP contribution is 2.29. The van der Waals surface area contributed by atoms with Gasteiger partial charge in [-0.15, -0.1) is 0 Å². The van der Waals surface area contributed by atoms with Crippen LogP contribution < -0.4 is 0 Å². The monoisotopic (exact) mass is 333 g/mol. The van der Waals surface area contributed by atoms with Gasteiger partial charge in [-0.3, -0.25) is 9.59 Å². The number of halogens is 1. The van der Waals surface area contributed by atoms with Crippen molar-refractivity contribution in [2.45, 2.75) is 25.8 Å². The van der Waals surface area contributed by atoms with Gasteiger partial charge in [-0.2, -0.15) is 5.10 Å². The van der Waals surface area contributed by atoms with E-state index in [1.54, 1.807) is 29.9 Å². The summed E-state index contributed by atoms with van der Waals surface area (Å²) in [5, 5.41) is 13.9. The molecule has 2 aromatic rings. The van der Waals surface area contributed by atoms with Crippen LogP contribution in [0.1, 0.15) is 28.9 Å². The van der Waals surface area contributed by atoms with Crippen LogP contribution in [0.2, 0.25) is 5.02 Å². The first-order valence-corrected chi connectivity index (χ1v) is 7.69. The standard InChI is InChI=1S/C16H16ClN3O3/c1-10-8-20(13-5-3-2-4-12(13)17)18-15(10)16(23)19(9-14(21)22)11-6-7-11/h2-5,8,11H,6-7,9H2,1H3,(H,21,22). The molecule has 7 heteroatoms. The zero-order chi connectivity index (χ0) is 16.6. The van der Waals surface area contributed by atoms with Crippen LogP contribution >= 0.6 is 11.6 Å². The average Bonchev–Trinajstić information content (AvgIpc) is 3.27. The number of aromatic nitrogens is 2. The van der Waals surface area contributed by atoms with Gasteiger partial charge >= 0.3 is 5.97 Å². The molecule has 1 saturated carbocycles. The molecule has 1 aromatic heterocycles. The molecule has 0 atom stereocenters. The van der Waals surface area contributed by atoms with Gasteiger partial charge < -0.3 is 10.0 Å². The van der Waals surface area contributed by atoms with Gasteiger partial charge in [0.2, 0.25) is 0 Å². The minimum atomic E-state index is -1.02. The summed E-state index contributed by atoms with van der Waals surface area (Å²) < 4.78 is 1.55. The van der Waals surface area contributed by atoms with Crippen molar-refractivity contribution in [3.8, 4) is 5.69 Å². The number of aryl methyl sites for hydroxylation is 1. The van der Waals surface area contributed by atoms with E-state index in [9.17, 15) is 9.59 Å². The number of carbonyl (C=O) groups excluding carboxylic acids is 1. The second-order valence-corrected chi connectivity index (χ2v) is 6.02. The second kappa shape index (κ2) is 6.04. The summed E-state index contributed by atoms with van der Waals surface area (Å²) in [4.78, 5) is 25.0. The van der Waals surface area contributed by atoms with Gasteiger partial charge in [0, 0.05) is 17.8 Å². The lowest BCUT2D eigenvalue weighted by Gasteiger charge is -2.19. The number of benzene rings is 1. The van der Waals surface area contributed by atoms with Gasteiger partial charge in [0.1, 0.15) is 6.54 Å². The molecular weight excluding hydrogens is 318 g/mol. The van der Waals surface area contributed by atoms with Crippen molar-refractivity contribution in [1.29, 1.82) is 0 Å². The normalized spacial score (nSPS) is 13.8. The molecule has 1 amide bonds. The van der Waals surface area contributed by atoms with E-state index in [-0.39, 0.29) is 24.2 Å². The Kier molecular flexibility index (Phi) is 4.09. The Morgan fingerprint density at radius 2 is 2.09 bits per heavy atom. The molecule has 23 heavy (non-hydrogen) atoms. The van der Waals surface area contributed by atoms with Crippen LogP contribution in [0.5, 0.6) is 0 Å². The van der Waals surface area contributed by atoms with Crippen LogP contribution in [0, 0.1) is 6.92 Å². The lowest BCUT2D eigenvalue weighted by atomic mass is 10.2. The molecule has 0 aliphatic heterocycles. The number of nitrogens with zero attached hydrogens (tertiary/aromatic N) is 3. The zero-order valence-electron chi connectivity index (χ0n) is 12.6. The molecule has 120 valence electrons. The molecular formula is C16H16ClN3O3. The van der Waals surface area contributed by atoms with Gasteiger partial charge in [-0.1, -0.05) is 23.7 Å². The minimum absolute atomic E-state index is 0.00321. The number of carboxylic acid groups (broad SMARTS) is 1. The SMILES string of the molecule is Cc1cn(-c2ccccc2Cl)nc1C(=O)N(CC(=O)O)C1CC1. The number of hydrogen-bond acceptors (Lipinski definition) is 3. The maximum absolute atomic E-state index is 12.7. The quantitative estimate of drug-likeness (QED) is 0.912. The average molecular weight is 334 g/mol. The fourth-order valence-electron chi connectivity index (χ4n) is 2.47. The number of carbonyl (C=O) groups is 2. The Balaban J connectivity index is 1.92. The van der Waals surface area contributed by atoms with Crippen molar-refractivity contribution in [1.82, 2.24) is 14.7 Å². The van der Waals surface area contributed by atoms with Gasteiger partial charge in [0.15, 0.2) is 5.69 Å². The Morgan fingerprint density at radius 1 is 1.39 bits per heavy atom. The van der Waals surface area contributed by atoms with Crippen molar-refractivity contribution < 1.29 is 14.7 Å². The van der Waals surface area contributed by atoms with Crippen molar-refractivity contribution >= 4 is 23.5 Å². The second-order valence-electron chi connectivity index (χ2n) is 5.61. The van der Waals surface area contributed by atoms with Crippen molar-refractivity contribution in [3.63, 3.8) is 0 Å². The molecule has 1 aromatic carbocycles. The summed E-state index contributed by atoms with van der Waals surface area (Å²) in [7, 11) is 0. The highest BCUT2D eigenvalue weighted by atomic mass is 35.5. The maximum atomic E-state index is 12.7. The molecule has 1 fully saturated rings. The van der Waals surface area contributed by atoms with E-state index in [0.717, 1.165) is 12.8 Å². The highest BCUT2D eigenvalue weighted by Gasteiger charge is 2.35. The third-order valence-electron chi connectivity index (χ3n) is 3.75. The number of aliphatic carboxylic acids is 1. The molecule has 0 spiro atoms. The van der Waals surface area contributed by atoms with Gasteiger partial charge in [-0.05, 0) is 31.9 Å². The van der Waals surface area contributed by atoms with Gasteiger partial charge in [0.05, 0.1) is 10.7 Å². The summed E-state index contributed by atoms with van der Waals surface area (Å²) >= 11 is 6.16. The smallest absolute Gasteiger partial charge is 0.323 e. The van der Waals surface area contributed by atoms with E-state index >= 15 is 0 Å². The van der Waals surface area contributed by atoms with Crippen LogP contribution in [-0.2, 0) is 4.79 Å². The number of carboxylic acids is 1. The molecule has 1 aliphatic rings. The fourth-order valence-corrected chi connectivity index (χ4v) is 2.69. The molecule has 0 radical (unpaired) electrons. The van der Waals surface area contributed by atoms with Crippen LogP contribution in [0.25, 0.3) is 5.69 Å². The molecule has 3 rings (SSSR count). The van der Waals surface area contributed by atoms with Crippen molar-refractivity contribution in [2.75, 3.05) is 6.54 Å². The Morgan fingerprint density at radius 3 is 2.70 bits per heavy atom. The summed E-state index contributed by atoms with van der Waals surface area (Å²) in [6, 6.07) is 7.20. The van der Waals surface area contributed by atoms with Crippen molar-refractivity contribution in [2.24, 2.45) is 0 Å². The lowest BCUT2D eigenvalue weighted by molar-refractivity contribution is -0.137. The summed E-state index contributed by atoms with van der Waals surface area (Å²) in [5.41, 5.74) is 1.62. The zero-order valence-corrected chi connectivity index (χ0v) is 13.3. The van der Waals surface area contributed by atoms with E-state index in [1.165, 1.54) is 4.90 Å². The largest absolute Gasteiger partial charge is 0.480 e. The fraction of sp³-hybridized carbons (Fsp3) is 0.312. The van der Waals surface area contributed by atoms with Crippen LogP contribution in [-0.4, -0.2) is 44.3 Å². The number of hydrogen-bond donors (Lipinski definition) is 1. The predicted octanol–water partition coefficient (Wildman–Crippen LogP) is 2.52. The van der Waals surface area contributed by atoms with E-state index in [2.05, 4.69) is 5.10 Å². The first kappa shape index (κ1) is 15.6. The third-order valence-corrected chi connectivity index (χ3v) is 4.07. The first-order chi connectivity index (χ1) is 11.0. The van der Waals surface area contributed by atoms with Crippen molar-refractivity contribution in [3.05, 3.63) is 46.7 Å². The summed E-state index contributed by atoms with van der Waals surface area (Å²) in [6.07, 6.45) is 3.40. The molecule has 0 bridgehead atoms. The summed E-state index contributed by atoms with van der Waals surface area (Å²) in [6.45, 7) is 1.47. The Labute approximate surface area is 138 Å². The highest BCUT2D eigenvalue weighted by molar-refractivity contribution is 6.32. The number of rotatable bonds is 5. The van der Waals surface area contributed by atoms with E-state index in [0.29, 0.717) is 16.3 Å². The third kappa shape index (κ3) is 3.22. The van der Waals surface area contributed by atoms with Gasteiger partial charge in [0.25, 0.3) is 5.91 Å². The predicted molar refractivity (Wildman–Crippen MR) is 85.0 cm³/mol. The van der Waals surface area contributed by atoms with Crippen LogP contribution in [0.15, 0.2) is 30.5 Å². The minimum Gasteiger partial charge on any atom is -0.480 e. The Bertz CT molecular complexity index is 768. The first-order valence-electron chi connectivity index (χ1n) is 7.31. The van der Waals surface area contributed by atoms with E-state index in [4.69, 9.17) is 16.7 Å². The maximum Gasteiger partial charge on any atom is 0.323 e. The Hall–Kier alpha value is -2.34.